The number of ether oxygens (including phenoxy) is 2. The quantitative estimate of drug-likeness (QED) is 0.203. The topological polar surface area (TPSA) is 105 Å². The largest absolute Gasteiger partial charge is 0.514 e. The molecule has 0 aliphatic heterocycles. The lowest BCUT2D eigenvalue weighted by atomic mass is 10.1. The van der Waals surface area contributed by atoms with E-state index < -0.39 is 17.2 Å². The first-order chi connectivity index (χ1) is 14.1. The van der Waals surface area contributed by atoms with Crippen LogP contribution in [0.15, 0.2) is 83.5 Å². The van der Waals surface area contributed by atoms with Crippen LogP contribution >= 0.6 is 0 Å². The lowest BCUT2D eigenvalue weighted by Gasteiger charge is -2.15. The van der Waals surface area contributed by atoms with Crippen LogP contribution < -0.4 is 4.74 Å². The van der Waals surface area contributed by atoms with Crippen LogP contribution in [0.2, 0.25) is 0 Å². The average molecular weight is 390 g/mol. The number of non-ortho nitro benzene ring substituents is 1. The first kappa shape index (κ1) is 18.2. The molecule has 0 spiro atoms. The van der Waals surface area contributed by atoms with Crippen molar-refractivity contribution in [1.82, 2.24) is 4.98 Å². The summed E-state index contributed by atoms with van der Waals surface area (Å²) in [7, 11) is 0. The molecular formula is C21H14N2O6. The Labute approximate surface area is 164 Å². The SMILES string of the molecule is O=C(Oc1ccc([N+](=O)[O-])cc1)OC(c1cccnc1)c1cc2ccccc2o1. The molecule has 0 aliphatic rings. The maximum Gasteiger partial charge on any atom is 0.514 e. The normalized spacial score (nSPS) is 11.7. The predicted molar refractivity (Wildman–Crippen MR) is 102 cm³/mol. The van der Waals surface area contributed by atoms with Gasteiger partial charge in [-0.15, -0.1) is 0 Å². The fourth-order valence-corrected chi connectivity index (χ4v) is 2.81. The van der Waals surface area contributed by atoms with Crippen LogP contribution in [0, 0.1) is 10.1 Å². The Bertz CT molecular complexity index is 1120. The highest BCUT2D eigenvalue weighted by molar-refractivity contribution is 5.78. The van der Waals surface area contributed by atoms with E-state index in [1.807, 2.05) is 24.3 Å². The van der Waals surface area contributed by atoms with Gasteiger partial charge in [0.15, 0.2) is 11.9 Å². The van der Waals surface area contributed by atoms with Gasteiger partial charge in [-0.3, -0.25) is 15.1 Å². The third kappa shape index (κ3) is 4.06. The predicted octanol–water partition coefficient (Wildman–Crippen LogP) is 5.04. The van der Waals surface area contributed by atoms with Gasteiger partial charge in [0.1, 0.15) is 11.3 Å². The number of benzene rings is 2. The second kappa shape index (κ2) is 7.81. The molecule has 8 heteroatoms. The minimum Gasteiger partial charge on any atom is -0.457 e. The molecule has 1 atom stereocenters. The van der Waals surface area contributed by atoms with Crippen molar-refractivity contribution in [3.63, 3.8) is 0 Å². The van der Waals surface area contributed by atoms with Gasteiger partial charge in [0.05, 0.1) is 4.92 Å². The van der Waals surface area contributed by atoms with Gasteiger partial charge in [0.2, 0.25) is 0 Å². The van der Waals surface area contributed by atoms with E-state index in [1.165, 1.54) is 24.3 Å². The molecule has 2 aromatic heterocycles. The second-order valence-corrected chi connectivity index (χ2v) is 6.07. The molecule has 0 saturated heterocycles. The molecule has 2 aromatic carbocycles. The Kier molecular flexibility index (Phi) is 4.90. The lowest BCUT2D eigenvalue weighted by molar-refractivity contribution is -0.384. The zero-order chi connectivity index (χ0) is 20.2. The zero-order valence-electron chi connectivity index (χ0n) is 14.9. The summed E-state index contributed by atoms with van der Waals surface area (Å²) in [6.07, 6.45) is 1.32. The van der Waals surface area contributed by atoms with Crippen LogP contribution in [0.25, 0.3) is 11.0 Å². The summed E-state index contributed by atoms with van der Waals surface area (Å²) in [6.45, 7) is 0. The fourth-order valence-electron chi connectivity index (χ4n) is 2.81. The summed E-state index contributed by atoms with van der Waals surface area (Å²) >= 11 is 0. The Morgan fingerprint density at radius 2 is 1.86 bits per heavy atom. The number of hydrogen-bond donors (Lipinski definition) is 0. The molecule has 0 fully saturated rings. The molecule has 0 bridgehead atoms. The summed E-state index contributed by atoms with van der Waals surface area (Å²) in [6, 6.07) is 17.8. The van der Waals surface area contributed by atoms with Crippen LogP contribution in [0.5, 0.6) is 5.75 Å². The molecular weight excluding hydrogens is 376 g/mol. The van der Waals surface area contributed by atoms with Crippen LogP contribution in [-0.4, -0.2) is 16.1 Å². The number of pyridine rings is 1. The van der Waals surface area contributed by atoms with E-state index >= 15 is 0 Å². The number of furan rings is 1. The maximum atomic E-state index is 12.4. The number of rotatable bonds is 5. The molecule has 0 amide bonds. The van der Waals surface area contributed by atoms with Crippen molar-refractivity contribution in [1.29, 1.82) is 0 Å². The van der Waals surface area contributed by atoms with Gasteiger partial charge in [-0.05, 0) is 30.3 Å². The number of nitro groups is 1. The van der Waals surface area contributed by atoms with E-state index in [2.05, 4.69) is 4.98 Å². The van der Waals surface area contributed by atoms with Crippen molar-refractivity contribution >= 4 is 22.8 Å². The van der Waals surface area contributed by atoms with Crippen molar-refractivity contribution in [3.05, 3.63) is 101 Å². The van der Waals surface area contributed by atoms with Crippen LogP contribution in [0.1, 0.15) is 17.4 Å². The van der Waals surface area contributed by atoms with Gasteiger partial charge >= 0.3 is 6.16 Å². The molecule has 144 valence electrons. The molecule has 0 aliphatic carbocycles. The van der Waals surface area contributed by atoms with E-state index in [0.717, 1.165) is 5.39 Å². The highest BCUT2D eigenvalue weighted by Crippen LogP contribution is 2.31. The minimum absolute atomic E-state index is 0.110. The first-order valence-corrected chi connectivity index (χ1v) is 8.61. The average Bonchev–Trinajstić information content (AvgIpc) is 3.17. The van der Waals surface area contributed by atoms with E-state index in [9.17, 15) is 14.9 Å². The smallest absolute Gasteiger partial charge is 0.457 e. The molecule has 4 aromatic rings. The highest BCUT2D eigenvalue weighted by Gasteiger charge is 2.24. The molecule has 4 rings (SSSR count). The van der Waals surface area contributed by atoms with Gasteiger partial charge in [-0.2, -0.15) is 0 Å². The van der Waals surface area contributed by atoms with Crippen molar-refractivity contribution in [2.24, 2.45) is 0 Å². The third-order valence-electron chi connectivity index (χ3n) is 4.15. The van der Waals surface area contributed by atoms with E-state index in [4.69, 9.17) is 13.9 Å². The standard InChI is InChI=1S/C21H14N2O6/c24-21(27-17-9-7-16(8-10-17)23(25)26)29-20(15-5-3-11-22-13-15)19-12-14-4-1-2-6-18(14)28-19/h1-13,20H. The van der Waals surface area contributed by atoms with Gasteiger partial charge in [0.25, 0.3) is 5.69 Å². The fraction of sp³-hybridized carbons (Fsp3) is 0.0476. The zero-order valence-corrected chi connectivity index (χ0v) is 14.9. The number of nitro benzene ring substituents is 1. The lowest BCUT2D eigenvalue weighted by Crippen LogP contribution is -2.16. The molecule has 1 unspecified atom stereocenters. The summed E-state index contributed by atoms with van der Waals surface area (Å²) < 4.78 is 16.5. The van der Waals surface area contributed by atoms with Gasteiger partial charge in [0, 0.05) is 35.5 Å². The number of fused-ring (bicyclic) bond motifs is 1. The van der Waals surface area contributed by atoms with Crippen molar-refractivity contribution in [2.75, 3.05) is 0 Å². The maximum absolute atomic E-state index is 12.4. The van der Waals surface area contributed by atoms with Crippen LogP contribution in [-0.2, 0) is 4.74 Å². The van der Waals surface area contributed by atoms with Crippen molar-refractivity contribution in [2.45, 2.75) is 6.10 Å². The Balaban J connectivity index is 1.58. The number of carbonyl (C=O) groups is 1. The number of para-hydroxylation sites is 1. The second-order valence-electron chi connectivity index (χ2n) is 6.07. The van der Waals surface area contributed by atoms with Gasteiger partial charge in [-0.1, -0.05) is 24.3 Å². The van der Waals surface area contributed by atoms with E-state index in [1.54, 1.807) is 30.6 Å². The number of nitrogens with zero attached hydrogens (tertiary/aromatic N) is 2. The van der Waals surface area contributed by atoms with Crippen LogP contribution in [0.4, 0.5) is 10.5 Å². The Morgan fingerprint density at radius 3 is 2.55 bits per heavy atom. The first-order valence-electron chi connectivity index (χ1n) is 8.61. The molecule has 0 saturated carbocycles. The van der Waals surface area contributed by atoms with Gasteiger partial charge < -0.3 is 13.9 Å². The number of hydrogen-bond acceptors (Lipinski definition) is 7. The molecule has 8 nitrogen and oxygen atoms in total. The number of aromatic nitrogens is 1. The Hall–Kier alpha value is -4.20. The van der Waals surface area contributed by atoms with Crippen LogP contribution in [0.3, 0.4) is 0 Å². The third-order valence-corrected chi connectivity index (χ3v) is 4.15. The summed E-state index contributed by atoms with van der Waals surface area (Å²) in [5.41, 5.74) is 1.15. The molecule has 0 N–H and O–H groups in total. The van der Waals surface area contributed by atoms with Crippen molar-refractivity contribution < 1.29 is 23.6 Å². The summed E-state index contributed by atoms with van der Waals surface area (Å²) in [4.78, 5) is 26.6. The molecule has 29 heavy (non-hydrogen) atoms. The Morgan fingerprint density at radius 1 is 1.07 bits per heavy atom. The van der Waals surface area contributed by atoms with E-state index in [-0.39, 0.29) is 11.4 Å². The monoisotopic (exact) mass is 390 g/mol. The summed E-state index contributed by atoms with van der Waals surface area (Å²) in [5.74, 6) is 0.537. The summed E-state index contributed by atoms with van der Waals surface area (Å²) in [5, 5.41) is 11.6. The van der Waals surface area contributed by atoms with E-state index in [0.29, 0.717) is 16.9 Å². The number of carbonyl (C=O) groups excluding carboxylic acids is 1. The van der Waals surface area contributed by atoms with Gasteiger partial charge in [-0.25, -0.2) is 4.79 Å². The molecule has 0 radical (unpaired) electrons. The molecule has 2 heterocycles. The van der Waals surface area contributed by atoms with Crippen molar-refractivity contribution in [3.8, 4) is 5.75 Å². The highest BCUT2D eigenvalue weighted by atomic mass is 16.7. The minimum atomic E-state index is -0.979.